The van der Waals surface area contributed by atoms with Crippen LogP contribution in [0.25, 0.3) is 0 Å². The number of halogens is 6. The Hall–Kier alpha value is -1.15. The SMILES string of the molecule is OCc1cc(OC(F)(F)F)c(C(F)F)c(Cl)n1. The first kappa shape index (κ1) is 13.9. The first-order valence-corrected chi connectivity index (χ1v) is 4.46. The number of hydrogen-bond donors (Lipinski definition) is 1. The molecule has 0 amide bonds. The first-order valence-electron chi connectivity index (χ1n) is 4.08. The van der Waals surface area contributed by atoms with Gasteiger partial charge >= 0.3 is 6.36 Å². The Morgan fingerprint density at radius 1 is 1.41 bits per heavy atom. The summed E-state index contributed by atoms with van der Waals surface area (Å²) in [6, 6.07) is 0.556. The van der Waals surface area contributed by atoms with E-state index >= 15 is 0 Å². The van der Waals surface area contributed by atoms with Crippen molar-refractivity contribution in [3.8, 4) is 5.75 Å². The monoisotopic (exact) mass is 277 g/mol. The standard InChI is InChI=1S/C8H5ClF5NO2/c9-6-5(7(10)11)4(17-8(12,13)14)1-3(2-16)15-6/h1,7,16H,2H2. The molecule has 17 heavy (non-hydrogen) atoms. The average Bonchev–Trinajstić information content (AvgIpc) is 2.13. The van der Waals surface area contributed by atoms with Gasteiger partial charge in [-0.2, -0.15) is 0 Å². The van der Waals surface area contributed by atoms with Crippen molar-refractivity contribution in [1.29, 1.82) is 0 Å². The average molecular weight is 278 g/mol. The third kappa shape index (κ3) is 3.67. The van der Waals surface area contributed by atoms with Gasteiger partial charge in [0.15, 0.2) is 0 Å². The number of ether oxygens (including phenoxy) is 1. The summed E-state index contributed by atoms with van der Waals surface area (Å²) in [7, 11) is 0. The highest BCUT2D eigenvalue weighted by atomic mass is 35.5. The highest BCUT2D eigenvalue weighted by Gasteiger charge is 2.34. The second-order valence-corrected chi connectivity index (χ2v) is 3.18. The van der Waals surface area contributed by atoms with Gasteiger partial charge in [0.2, 0.25) is 0 Å². The number of aliphatic hydroxyl groups is 1. The Labute approximate surface area is 96.8 Å². The topological polar surface area (TPSA) is 42.4 Å². The van der Waals surface area contributed by atoms with Crippen LogP contribution < -0.4 is 4.74 Å². The largest absolute Gasteiger partial charge is 0.573 e. The maximum atomic E-state index is 12.5. The molecule has 96 valence electrons. The minimum atomic E-state index is -5.14. The molecule has 0 radical (unpaired) electrons. The normalized spacial score (nSPS) is 12.0. The third-order valence-corrected chi connectivity index (χ3v) is 1.92. The molecule has 0 unspecified atom stereocenters. The van der Waals surface area contributed by atoms with Crippen LogP contribution in [0.5, 0.6) is 5.75 Å². The molecule has 0 aliphatic heterocycles. The lowest BCUT2D eigenvalue weighted by Crippen LogP contribution is -2.19. The minimum Gasteiger partial charge on any atom is -0.405 e. The predicted octanol–water partition coefficient (Wildman–Crippen LogP) is 3.06. The van der Waals surface area contributed by atoms with Crippen molar-refractivity contribution in [3.05, 3.63) is 22.5 Å². The molecule has 0 aromatic carbocycles. The summed E-state index contributed by atoms with van der Waals surface area (Å²) >= 11 is 5.29. The second-order valence-electron chi connectivity index (χ2n) is 2.82. The van der Waals surface area contributed by atoms with Gasteiger partial charge in [-0.05, 0) is 0 Å². The van der Waals surface area contributed by atoms with E-state index in [-0.39, 0.29) is 5.69 Å². The lowest BCUT2D eigenvalue weighted by Gasteiger charge is -2.14. The molecular weight excluding hydrogens is 273 g/mol. The summed E-state index contributed by atoms with van der Waals surface area (Å²) in [5.74, 6) is -1.17. The molecule has 9 heteroatoms. The molecule has 0 aliphatic carbocycles. The molecule has 0 bridgehead atoms. The number of pyridine rings is 1. The van der Waals surface area contributed by atoms with E-state index in [1.165, 1.54) is 0 Å². The summed E-state index contributed by atoms with van der Waals surface area (Å²) in [4.78, 5) is 3.29. The number of nitrogens with zero attached hydrogens (tertiary/aromatic N) is 1. The number of aromatic nitrogens is 1. The number of aliphatic hydroxyl groups excluding tert-OH is 1. The van der Waals surface area contributed by atoms with E-state index in [0.29, 0.717) is 6.07 Å². The summed E-state index contributed by atoms with van der Waals surface area (Å²) in [6.07, 6.45) is -8.42. The van der Waals surface area contributed by atoms with Crippen molar-refractivity contribution in [2.75, 3.05) is 0 Å². The van der Waals surface area contributed by atoms with Gasteiger partial charge in [-0.25, -0.2) is 13.8 Å². The van der Waals surface area contributed by atoms with Gasteiger partial charge in [0, 0.05) is 6.07 Å². The summed E-state index contributed by atoms with van der Waals surface area (Å²) in [6.45, 7) is -0.753. The Morgan fingerprint density at radius 3 is 2.41 bits per heavy atom. The van der Waals surface area contributed by atoms with Crippen molar-refractivity contribution >= 4 is 11.6 Å². The lowest BCUT2D eigenvalue weighted by atomic mass is 10.2. The summed E-state index contributed by atoms with van der Waals surface area (Å²) < 4.78 is 64.2. The zero-order valence-electron chi connectivity index (χ0n) is 7.93. The van der Waals surface area contributed by atoms with Crippen molar-refractivity contribution in [3.63, 3.8) is 0 Å². The van der Waals surface area contributed by atoms with Crippen molar-refractivity contribution in [2.45, 2.75) is 19.4 Å². The van der Waals surface area contributed by atoms with Gasteiger partial charge in [-0.1, -0.05) is 11.6 Å². The summed E-state index contributed by atoms with van der Waals surface area (Å²) in [5.41, 5.74) is -1.47. The van der Waals surface area contributed by atoms with E-state index in [1.807, 2.05) is 0 Å². The molecule has 0 atom stereocenters. The quantitative estimate of drug-likeness (QED) is 0.682. The predicted molar refractivity (Wildman–Crippen MR) is 46.8 cm³/mol. The first-order chi connectivity index (χ1) is 7.74. The van der Waals surface area contributed by atoms with Crippen molar-refractivity contribution in [2.24, 2.45) is 0 Å². The van der Waals surface area contributed by atoms with E-state index in [4.69, 9.17) is 16.7 Å². The smallest absolute Gasteiger partial charge is 0.405 e. The number of alkyl halides is 5. The molecule has 0 aliphatic rings. The van der Waals surface area contributed by atoms with Crippen LogP contribution in [0.15, 0.2) is 6.07 Å². The van der Waals surface area contributed by atoms with Crippen LogP contribution in [-0.2, 0) is 6.61 Å². The minimum absolute atomic E-state index is 0.307. The molecule has 1 rings (SSSR count). The molecule has 3 nitrogen and oxygen atoms in total. The second kappa shape index (κ2) is 5.01. The molecular formula is C8H5ClF5NO2. The van der Waals surface area contributed by atoms with Crippen LogP contribution >= 0.6 is 11.6 Å². The fraction of sp³-hybridized carbons (Fsp3) is 0.375. The van der Waals surface area contributed by atoms with Crippen LogP contribution in [0, 0.1) is 0 Å². The van der Waals surface area contributed by atoms with Crippen LogP contribution in [0.4, 0.5) is 22.0 Å². The third-order valence-electron chi connectivity index (χ3n) is 1.63. The van der Waals surface area contributed by atoms with Crippen LogP contribution in [0.2, 0.25) is 5.15 Å². The Kier molecular flexibility index (Phi) is 4.10. The lowest BCUT2D eigenvalue weighted by molar-refractivity contribution is -0.275. The molecule has 0 saturated heterocycles. The molecule has 1 heterocycles. The Balaban J connectivity index is 3.27. The van der Waals surface area contributed by atoms with Gasteiger partial charge in [-0.15, -0.1) is 13.2 Å². The molecule has 0 saturated carbocycles. The molecule has 0 spiro atoms. The van der Waals surface area contributed by atoms with Crippen molar-refractivity contribution < 1.29 is 31.8 Å². The van der Waals surface area contributed by atoms with Crippen molar-refractivity contribution in [1.82, 2.24) is 4.98 Å². The van der Waals surface area contributed by atoms with Crippen LogP contribution in [0.3, 0.4) is 0 Å². The Bertz CT molecular complexity index is 410. The molecule has 1 aromatic rings. The molecule has 1 aromatic heterocycles. The number of hydrogen-bond acceptors (Lipinski definition) is 3. The molecule has 0 fully saturated rings. The fourth-order valence-corrected chi connectivity index (χ4v) is 1.32. The van der Waals surface area contributed by atoms with Crippen LogP contribution in [0.1, 0.15) is 17.7 Å². The zero-order valence-corrected chi connectivity index (χ0v) is 8.69. The van der Waals surface area contributed by atoms with Gasteiger partial charge in [0.1, 0.15) is 10.9 Å². The van der Waals surface area contributed by atoms with Gasteiger partial charge in [0.05, 0.1) is 17.9 Å². The van der Waals surface area contributed by atoms with E-state index in [9.17, 15) is 22.0 Å². The molecule has 1 N–H and O–H groups in total. The van der Waals surface area contributed by atoms with E-state index < -0.39 is 35.9 Å². The maximum Gasteiger partial charge on any atom is 0.573 e. The van der Waals surface area contributed by atoms with Crippen LogP contribution in [-0.4, -0.2) is 16.5 Å². The zero-order chi connectivity index (χ0) is 13.2. The van der Waals surface area contributed by atoms with Gasteiger partial charge in [-0.3, -0.25) is 0 Å². The van der Waals surface area contributed by atoms with E-state index in [0.717, 1.165) is 0 Å². The fourth-order valence-electron chi connectivity index (χ4n) is 1.04. The highest BCUT2D eigenvalue weighted by Crippen LogP contribution is 2.37. The van der Waals surface area contributed by atoms with E-state index in [1.54, 1.807) is 0 Å². The highest BCUT2D eigenvalue weighted by molar-refractivity contribution is 6.30. The summed E-state index contributed by atoms with van der Waals surface area (Å²) in [5, 5.41) is 7.83. The van der Waals surface area contributed by atoms with Gasteiger partial charge < -0.3 is 9.84 Å². The Morgan fingerprint density at radius 2 is 2.00 bits per heavy atom. The van der Waals surface area contributed by atoms with Gasteiger partial charge in [0.25, 0.3) is 6.43 Å². The van der Waals surface area contributed by atoms with E-state index in [2.05, 4.69) is 9.72 Å². The number of rotatable bonds is 3. The maximum absolute atomic E-state index is 12.5.